The molecule has 0 spiro atoms. The predicted octanol–water partition coefficient (Wildman–Crippen LogP) is 3.94. The van der Waals surface area contributed by atoms with E-state index in [4.69, 9.17) is 0 Å². The quantitative estimate of drug-likeness (QED) is 0.391. The number of benzene rings is 1. The van der Waals surface area contributed by atoms with E-state index in [-0.39, 0.29) is 24.0 Å². The Morgan fingerprint density at radius 2 is 2.14 bits per heavy atom. The lowest BCUT2D eigenvalue weighted by Gasteiger charge is -2.39. The summed E-state index contributed by atoms with van der Waals surface area (Å²) in [7, 11) is 1.92. The van der Waals surface area contributed by atoms with Gasteiger partial charge in [-0.05, 0) is 54.1 Å². The van der Waals surface area contributed by atoms with Gasteiger partial charge in [0.2, 0.25) is 0 Å². The number of halogens is 1. The number of likely N-dealkylation sites (tertiary alicyclic amines) is 1. The molecule has 2 heterocycles. The summed E-state index contributed by atoms with van der Waals surface area (Å²) in [5, 5.41) is 3.72. The number of fused-ring (bicyclic) bond motifs is 3. The summed E-state index contributed by atoms with van der Waals surface area (Å²) >= 11 is 0. The molecule has 0 radical (unpaired) electrons. The summed E-state index contributed by atoms with van der Waals surface area (Å²) in [6.07, 6.45) is 9.70. The van der Waals surface area contributed by atoms with Crippen LogP contribution in [0.25, 0.3) is 0 Å². The number of aryl methyl sites for hydroxylation is 1. The number of nitrogens with zero attached hydrogens (tertiary/aromatic N) is 4. The number of nitrogens with one attached hydrogen (secondary N) is 1. The van der Waals surface area contributed by atoms with Crippen molar-refractivity contribution in [3.63, 3.8) is 0 Å². The minimum atomic E-state index is 0. The van der Waals surface area contributed by atoms with E-state index in [0.717, 1.165) is 43.3 Å². The summed E-state index contributed by atoms with van der Waals surface area (Å²) in [4.78, 5) is 11.3. The molecule has 1 aliphatic heterocycles. The van der Waals surface area contributed by atoms with Crippen molar-refractivity contribution < 1.29 is 0 Å². The van der Waals surface area contributed by atoms with Crippen LogP contribution in [0, 0.1) is 17.8 Å². The van der Waals surface area contributed by atoms with E-state index in [1.165, 1.54) is 19.3 Å². The van der Waals surface area contributed by atoms with Gasteiger partial charge in [-0.3, -0.25) is 4.99 Å². The number of aromatic nitrogens is 2. The van der Waals surface area contributed by atoms with Crippen LogP contribution in [0.15, 0.2) is 48.0 Å². The van der Waals surface area contributed by atoms with Crippen molar-refractivity contribution in [1.29, 1.82) is 0 Å². The second-order valence-electron chi connectivity index (χ2n) is 8.81. The molecular weight excluding hydrogens is 473 g/mol. The lowest BCUT2D eigenvalue weighted by atomic mass is 9.92. The molecular formula is C23H32IN5. The highest BCUT2D eigenvalue weighted by atomic mass is 127. The van der Waals surface area contributed by atoms with Crippen LogP contribution in [0.1, 0.15) is 42.9 Å². The third kappa shape index (κ3) is 3.92. The molecule has 0 bridgehead atoms. The molecule has 0 amide bonds. The number of hydrogen-bond acceptors (Lipinski definition) is 2. The SMILES string of the molecule is CN=C(NCC1C2CCc3ccccc3C21)N1CCC(C)C(n2ccnc2)C1.I. The van der Waals surface area contributed by atoms with Crippen molar-refractivity contribution in [3.8, 4) is 0 Å². The Labute approximate surface area is 191 Å². The van der Waals surface area contributed by atoms with Crippen LogP contribution in [0.4, 0.5) is 0 Å². The number of rotatable bonds is 3. The molecule has 6 heteroatoms. The fourth-order valence-electron chi connectivity index (χ4n) is 5.62. The first-order chi connectivity index (χ1) is 13.8. The van der Waals surface area contributed by atoms with Gasteiger partial charge in [-0.2, -0.15) is 0 Å². The maximum absolute atomic E-state index is 4.62. The average Bonchev–Trinajstić information content (AvgIpc) is 3.17. The Bertz CT molecular complexity index is 849. The molecule has 1 saturated carbocycles. The fraction of sp³-hybridized carbons (Fsp3) is 0.565. The minimum Gasteiger partial charge on any atom is -0.356 e. The van der Waals surface area contributed by atoms with Crippen molar-refractivity contribution in [2.75, 3.05) is 26.7 Å². The smallest absolute Gasteiger partial charge is 0.193 e. The van der Waals surface area contributed by atoms with Crippen molar-refractivity contribution >= 4 is 29.9 Å². The van der Waals surface area contributed by atoms with Crippen molar-refractivity contribution in [1.82, 2.24) is 19.8 Å². The molecule has 1 aromatic heterocycles. The van der Waals surface area contributed by atoms with Crippen LogP contribution in [0.3, 0.4) is 0 Å². The molecule has 29 heavy (non-hydrogen) atoms. The predicted molar refractivity (Wildman–Crippen MR) is 128 cm³/mol. The van der Waals surface area contributed by atoms with Gasteiger partial charge in [0, 0.05) is 39.1 Å². The van der Waals surface area contributed by atoms with Crippen molar-refractivity contribution in [2.45, 2.75) is 38.1 Å². The molecule has 3 aliphatic rings. The Balaban J connectivity index is 0.00000205. The number of piperidine rings is 1. The van der Waals surface area contributed by atoms with Crippen molar-refractivity contribution in [3.05, 3.63) is 54.1 Å². The molecule has 2 fully saturated rings. The molecule has 1 aromatic carbocycles. The topological polar surface area (TPSA) is 45.5 Å². The third-order valence-electron chi connectivity index (χ3n) is 7.33. The summed E-state index contributed by atoms with van der Waals surface area (Å²) in [5.74, 6) is 4.10. The van der Waals surface area contributed by atoms with E-state index >= 15 is 0 Å². The molecule has 1 N–H and O–H groups in total. The fourth-order valence-corrected chi connectivity index (χ4v) is 5.62. The molecule has 2 aromatic rings. The normalized spacial score (nSPS) is 30.8. The van der Waals surface area contributed by atoms with Gasteiger partial charge in [-0.15, -0.1) is 24.0 Å². The van der Waals surface area contributed by atoms with E-state index in [1.807, 2.05) is 19.6 Å². The zero-order valence-electron chi connectivity index (χ0n) is 17.4. The van der Waals surface area contributed by atoms with E-state index in [0.29, 0.717) is 12.0 Å². The Hall–Kier alpha value is -1.57. The highest BCUT2D eigenvalue weighted by Gasteiger charge is 2.52. The molecule has 5 atom stereocenters. The van der Waals surface area contributed by atoms with Gasteiger partial charge in [0.1, 0.15) is 0 Å². The number of hydrogen-bond donors (Lipinski definition) is 1. The molecule has 156 valence electrons. The molecule has 5 rings (SSSR count). The van der Waals surface area contributed by atoms with Gasteiger partial charge < -0.3 is 14.8 Å². The van der Waals surface area contributed by atoms with E-state index in [1.54, 1.807) is 11.1 Å². The summed E-state index contributed by atoms with van der Waals surface area (Å²) < 4.78 is 2.26. The molecule has 1 saturated heterocycles. The van der Waals surface area contributed by atoms with Gasteiger partial charge >= 0.3 is 0 Å². The van der Waals surface area contributed by atoms with E-state index < -0.39 is 0 Å². The third-order valence-corrected chi connectivity index (χ3v) is 7.33. The van der Waals surface area contributed by atoms with E-state index in [9.17, 15) is 0 Å². The Kier molecular flexibility index (Phi) is 6.18. The first-order valence-corrected chi connectivity index (χ1v) is 10.8. The van der Waals surface area contributed by atoms with Gasteiger partial charge in [0.15, 0.2) is 5.96 Å². The first-order valence-electron chi connectivity index (χ1n) is 10.8. The van der Waals surface area contributed by atoms with Crippen LogP contribution in [-0.2, 0) is 6.42 Å². The lowest BCUT2D eigenvalue weighted by molar-refractivity contribution is 0.189. The minimum absolute atomic E-state index is 0. The van der Waals surface area contributed by atoms with Crippen LogP contribution in [0.5, 0.6) is 0 Å². The van der Waals surface area contributed by atoms with Gasteiger partial charge in [0.05, 0.1) is 12.4 Å². The second kappa shape index (κ2) is 8.66. The zero-order chi connectivity index (χ0) is 19.1. The number of aliphatic imine (C=N–C) groups is 1. The largest absolute Gasteiger partial charge is 0.356 e. The Morgan fingerprint density at radius 1 is 1.28 bits per heavy atom. The standard InChI is InChI=1S/C23H31N5.HI/c1-16-9-11-27(14-21(16)28-12-10-25-15-28)23(24-2)26-13-20-19-8-7-17-5-3-4-6-18(17)22(19)20;/h3-6,10,12,15-16,19-22H,7-9,11,13-14H2,1-2H3,(H,24,26);1H. The molecule has 2 aliphatic carbocycles. The summed E-state index contributed by atoms with van der Waals surface area (Å²) in [6, 6.07) is 9.52. The lowest BCUT2D eigenvalue weighted by Crippen LogP contribution is -2.49. The maximum Gasteiger partial charge on any atom is 0.193 e. The van der Waals surface area contributed by atoms with Crippen LogP contribution < -0.4 is 5.32 Å². The van der Waals surface area contributed by atoms with Crippen LogP contribution in [-0.4, -0.2) is 47.1 Å². The van der Waals surface area contributed by atoms with Gasteiger partial charge in [0.25, 0.3) is 0 Å². The summed E-state index contributed by atoms with van der Waals surface area (Å²) in [6.45, 7) is 5.46. The molecule has 5 unspecified atom stereocenters. The maximum atomic E-state index is 4.62. The Morgan fingerprint density at radius 3 is 2.93 bits per heavy atom. The van der Waals surface area contributed by atoms with E-state index in [2.05, 4.69) is 62.1 Å². The van der Waals surface area contributed by atoms with Gasteiger partial charge in [-0.1, -0.05) is 31.2 Å². The van der Waals surface area contributed by atoms with Crippen LogP contribution >= 0.6 is 24.0 Å². The second-order valence-corrected chi connectivity index (χ2v) is 8.81. The average molecular weight is 505 g/mol. The zero-order valence-corrected chi connectivity index (χ0v) is 19.7. The number of guanidine groups is 1. The van der Waals surface area contributed by atoms with Crippen molar-refractivity contribution in [2.24, 2.45) is 22.7 Å². The number of imidazole rings is 1. The van der Waals surface area contributed by atoms with Crippen LogP contribution in [0.2, 0.25) is 0 Å². The monoisotopic (exact) mass is 505 g/mol. The summed E-state index contributed by atoms with van der Waals surface area (Å²) in [5.41, 5.74) is 3.18. The molecule has 5 nitrogen and oxygen atoms in total. The highest BCUT2D eigenvalue weighted by Crippen LogP contribution is 2.59. The van der Waals surface area contributed by atoms with Gasteiger partial charge in [-0.25, -0.2) is 4.98 Å². The highest BCUT2D eigenvalue weighted by molar-refractivity contribution is 14.0. The first kappa shape index (κ1) is 20.7.